The minimum Gasteiger partial charge on any atom is -0.497 e. The minimum absolute atomic E-state index is 0.129. The molecular formula is C25H28N6O3S. The Morgan fingerprint density at radius 2 is 1.54 bits per heavy atom. The first-order valence-electron chi connectivity index (χ1n) is 11.3. The zero-order valence-corrected chi connectivity index (χ0v) is 20.5. The van der Waals surface area contributed by atoms with E-state index in [1.165, 1.54) is 24.4 Å². The minimum atomic E-state index is -0.137. The average molecular weight is 493 g/mol. The van der Waals surface area contributed by atoms with Crippen LogP contribution in [-0.4, -0.2) is 60.8 Å². The number of ether oxygens (including phenoxy) is 1. The number of methoxy groups -OCH3 is 1. The van der Waals surface area contributed by atoms with Crippen LogP contribution in [0.4, 0.5) is 22.9 Å². The van der Waals surface area contributed by atoms with Crippen molar-refractivity contribution < 1.29 is 14.3 Å². The number of amides is 2. The van der Waals surface area contributed by atoms with E-state index in [0.29, 0.717) is 11.4 Å². The van der Waals surface area contributed by atoms with Crippen molar-refractivity contribution in [3.8, 4) is 5.75 Å². The summed E-state index contributed by atoms with van der Waals surface area (Å²) in [6.07, 6.45) is 1.55. The van der Waals surface area contributed by atoms with Crippen molar-refractivity contribution in [1.82, 2.24) is 9.97 Å². The van der Waals surface area contributed by atoms with E-state index in [4.69, 9.17) is 4.74 Å². The van der Waals surface area contributed by atoms with Crippen LogP contribution in [0.1, 0.15) is 6.92 Å². The van der Waals surface area contributed by atoms with Crippen LogP contribution >= 0.6 is 11.8 Å². The molecule has 1 aliphatic rings. The van der Waals surface area contributed by atoms with Crippen LogP contribution in [0.15, 0.2) is 66.0 Å². The lowest BCUT2D eigenvalue weighted by atomic mass is 10.2. The lowest BCUT2D eigenvalue weighted by Crippen LogP contribution is -2.46. The molecule has 0 spiro atoms. The quantitative estimate of drug-likeness (QED) is 0.364. The maximum absolute atomic E-state index is 12.4. The summed E-state index contributed by atoms with van der Waals surface area (Å²) in [5, 5.41) is 6.31. The zero-order chi connectivity index (χ0) is 24.6. The predicted molar refractivity (Wildman–Crippen MR) is 140 cm³/mol. The van der Waals surface area contributed by atoms with Gasteiger partial charge in [0.05, 0.1) is 12.9 Å². The molecule has 2 amide bonds. The van der Waals surface area contributed by atoms with E-state index in [1.807, 2.05) is 18.2 Å². The maximum atomic E-state index is 12.4. The van der Waals surface area contributed by atoms with E-state index in [0.717, 1.165) is 42.8 Å². The molecule has 2 aromatic carbocycles. The van der Waals surface area contributed by atoms with Gasteiger partial charge in [-0.1, -0.05) is 11.8 Å². The number of thioether (sulfide) groups is 1. The van der Waals surface area contributed by atoms with E-state index >= 15 is 0 Å². The van der Waals surface area contributed by atoms with E-state index in [-0.39, 0.29) is 17.6 Å². The molecule has 3 aromatic rings. The topological polar surface area (TPSA) is 99.7 Å². The number of hydrogen-bond acceptors (Lipinski definition) is 8. The average Bonchev–Trinajstić information content (AvgIpc) is 2.89. The first-order valence-corrected chi connectivity index (χ1v) is 12.2. The standard InChI is InChI=1S/C25H28N6O3S/c1-18(32)28-19-3-5-20(6-4-19)29-24(33)16-35-25-15-23(26-17-27-25)31-13-11-30(12-14-31)21-7-9-22(34-2)10-8-21/h3-10,15,17H,11-14,16H2,1-2H3,(H,28,32)(H,29,33). The van der Waals surface area contributed by atoms with Crippen molar-refractivity contribution in [2.24, 2.45) is 0 Å². The van der Waals surface area contributed by atoms with Gasteiger partial charge in [0, 0.05) is 56.2 Å². The van der Waals surface area contributed by atoms with Gasteiger partial charge in [-0.2, -0.15) is 0 Å². The molecule has 2 heterocycles. The van der Waals surface area contributed by atoms with Crippen LogP contribution in [-0.2, 0) is 9.59 Å². The number of benzene rings is 2. The summed E-state index contributed by atoms with van der Waals surface area (Å²) < 4.78 is 5.24. The Balaban J connectivity index is 1.26. The predicted octanol–water partition coefficient (Wildman–Crippen LogP) is 3.50. The highest BCUT2D eigenvalue weighted by molar-refractivity contribution is 7.99. The van der Waals surface area contributed by atoms with Gasteiger partial charge in [0.2, 0.25) is 11.8 Å². The van der Waals surface area contributed by atoms with Crippen LogP contribution in [0, 0.1) is 0 Å². The molecule has 0 atom stereocenters. The lowest BCUT2D eigenvalue weighted by Gasteiger charge is -2.36. The largest absolute Gasteiger partial charge is 0.497 e. The summed E-state index contributed by atoms with van der Waals surface area (Å²) >= 11 is 1.37. The molecule has 0 bridgehead atoms. The van der Waals surface area contributed by atoms with Crippen molar-refractivity contribution >= 4 is 46.5 Å². The fourth-order valence-electron chi connectivity index (χ4n) is 3.75. The van der Waals surface area contributed by atoms with Crippen molar-refractivity contribution in [3.05, 3.63) is 60.9 Å². The molecule has 1 aliphatic heterocycles. The highest BCUT2D eigenvalue weighted by Gasteiger charge is 2.19. The highest BCUT2D eigenvalue weighted by atomic mass is 32.2. The Bertz CT molecular complexity index is 1150. The number of nitrogens with one attached hydrogen (secondary N) is 2. The van der Waals surface area contributed by atoms with Gasteiger partial charge in [-0.25, -0.2) is 9.97 Å². The molecule has 10 heteroatoms. The number of carbonyl (C=O) groups excluding carboxylic acids is 2. The number of nitrogens with zero attached hydrogens (tertiary/aromatic N) is 4. The first-order chi connectivity index (χ1) is 17.0. The first kappa shape index (κ1) is 24.3. The third-order valence-electron chi connectivity index (χ3n) is 5.51. The highest BCUT2D eigenvalue weighted by Crippen LogP contribution is 2.24. The second-order valence-corrected chi connectivity index (χ2v) is 8.98. The third-order valence-corrected chi connectivity index (χ3v) is 6.43. The molecule has 1 aromatic heterocycles. The van der Waals surface area contributed by atoms with Gasteiger partial charge in [0.25, 0.3) is 0 Å². The van der Waals surface area contributed by atoms with E-state index in [1.54, 1.807) is 37.7 Å². The number of hydrogen-bond donors (Lipinski definition) is 2. The zero-order valence-electron chi connectivity index (χ0n) is 19.7. The molecule has 1 saturated heterocycles. The van der Waals surface area contributed by atoms with Crippen molar-refractivity contribution in [2.75, 3.05) is 59.5 Å². The van der Waals surface area contributed by atoms with Gasteiger partial charge in [-0.15, -0.1) is 0 Å². The fourth-order valence-corrected chi connectivity index (χ4v) is 4.41. The summed E-state index contributed by atoms with van der Waals surface area (Å²) in [6, 6.07) is 17.0. The third kappa shape index (κ3) is 6.86. The van der Waals surface area contributed by atoms with Crippen LogP contribution in [0.5, 0.6) is 5.75 Å². The molecule has 2 N–H and O–H groups in total. The van der Waals surface area contributed by atoms with Crippen molar-refractivity contribution in [2.45, 2.75) is 11.9 Å². The Labute approximate surface area is 208 Å². The monoisotopic (exact) mass is 492 g/mol. The van der Waals surface area contributed by atoms with Crippen LogP contribution in [0.2, 0.25) is 0 Å². The molecule has 0 radical (unpaired) electrons. The van der Waals surface area contributed by atoms with Gasteiger partial charge in [-0.3, -0.25) is 9.59 Å². The number of rotatable bonds is 8. The molecule has 9 nitrogen and oxygen atoms in total. The fraction of sp³-hybridized carbons (Fsp3) is 0.280. The van der Waals surface area contributed by atoms with Crippen molar-refractivity contribution in [3.63, 3.8) is 0 Å². The normalized spacial score (nSPS) is 13.3. The Morgan fingerprint density at radius 3 is 2.17 bits per heavy atom. The molecule has 0 aliphatic carbocycles. The van der Waals surface area contributed by atoms with E-state index in [9.17, 15) is 9.59 Å². The van der Waals surface area contributed by atoms with Gasteiger partial charge in [0.1, 0.15) is 22.9 Å². The summed E-state index contributed by atoms with van der Waals surface area (Å²) in [6.45, 7) is 4.93. The van der Waals surface area contributed by atoms with Crippen LogP contribution < -0.4 is 25.2 Å². The second-order valence-electron chi connectivity index (χ2n) is 7.98. The summed E-state index contributed by atoms with van der Waals surface area (Å²) in [4.78, 5) is 36.8. The molecule has 1 fully saturated rings. The number of anilines is 4. The number of piperazine rings is 1. The van der Waals surface area contributed by atoms with Crippen molar-refractivity contribution in [1.29, 1.82) is 0 Å². The van der Waals surface area contributed by atoms with E-state index in [2.05, 4.69) is 42.5 Å². The molecule has 0 unspecified atom stereocenters. The summed E-state index contributed by atoms with van der Waals surface area (Å²) in [5.74, 6) is 1.68. The summed E-state index contributed by atoms with van der Waals surface area (Å²) in [7, 11) is 1.67. The van der Waals surface area contributed by atoms with Gasteiger partial charge >= 0.3 is 0 Å². The summed E-state index contributed by atoms with van der Waals surface area (Å²) in [5.41, 5.74) is 2.53. The Morgan fingerprint density at radius 1 is 0.914 bits per heavy atom. The second kappa shape index (κ2) is 11.6. The lowest BCUT2D eigenvalue weighted by molar-refractivity contribution is -0.114. The molecule has 4 rings (SSSR count). The Hall–Kier alpha value is -3.79. The number of aromatic nitrogens is 2. The van der Waals surface area contributed by atoms with Crippen LogP contribution in [0.25, 0.3) is 0 Å². The van der Waals surface area contributed by atoms with Gasteiger partial charge in [-0.05, 0) is 48.5 Å². The molecular weight excluding hydrogens is 464 g/mol. The SMILES string of the molecule is COc1ccc(N2CCN(c3cc(SCC(=O)Nc4ccc(NC(C)=O)cc4)ncn3)CC2)cc1. The smallest absolute Gasteiger partial charge is 0.234 e. The molecule has 0 saturated carbocycles. The van der Waals surface area contributed by atoms with Crippen LogP contribution in [0.3, 0.4) is 0 Å². The van der Waals surface area contributed by atoms with E-state index < -0.39 is 0 Å². The van der Waals surface area contributed by atoms with Gasteiger partial charge in [0.15, 0.2) is 0 Å². The molecule has 35 heavy (non-hydrogen) atoms. The Kier molecular flexibility index (Phi) is 8.04. The number of carbonyl (C=O) groups is 2. The molecule has 182 valence electrons. The van der Waals surface area contributed by atoms with Gasteiger partial charge < -0.3 is 25.2 Å². The maximum Gasteiger partial charge on any atom is 0.234 e.